The Morgan fingerprint density at radius 3 is 2.61 bits per heavy atom. The lowest BCUT2D eigenvalue weighted by molar-refractivity contribution is 0.0929. The summed E-state index contributed by atoms with van der Waals surface area (Å²) >= 11 is 0. The zero-order chi connectivity index (χ0) is 20.3. The van der Waals surface area contributed by atoms with E-state index in [1.54, 1.807) is 5.57 Å². The molecule has 158 valence electrons. The number of hydrogen-bond donors (Lipinski definition) is 1. The summed E-state index contributed by atoms with van der Waals surface area (Å²) in [5.41, 5.74) is 4.44. The Morgan fingerprint density at radius 1 is 1.07 bits per heavy atom. The summed E-state index contributed by atoms with van der Waals surface area (Å²) in [6.45, 7) is 14.0. The normalized spacial score (nSPS) is 37.6. The van der Waals surface area contributed by atoms with E-state index in [4.69, 9.17) is 0 Å². The molecule has 0 amide bonds. The van der Waals surface area contributed by atoms with Crippen LogP contribution in [-0.2, 0) is 0 Å². The van der Waals surface area contributed by atoms with Crippen LogP contribution in [0.2, 0.25) is 0 Å². The quantitative estimate of drug-likeness (QED) is 0.499. The molecular weight excluding hydrogens is 340 g/mol. The highest BCUT2D eigenvalue weighted by Gasteiger charge is 2.50. The average molecular weight is 385 g/mol. The fourth-order valence-electron chi connectivity index (χ4n) is 6.70. The molecule has 0 saturated heterocycles. The van der Waals surface area contributed by atoms with Gasteiger partial charge >= 0.3 is 0 Å². The van der Waals surface area contributed by atoms with Crippen molar-refractivity contribution in [2.75, 3.05) is 0 Å². The maximum absolute atomic E-state index is 10.1. The Hall–Kier alpha value is -0.820. The van der Waals surface area contributed by atoms with Crippen molar-refractivity contribution < 1.29 is 5.11 Å². The van der Waals surface area contributed by atoms with Crippen LogP contribution in [0.4, 0.5) is 0 Å². The van der Waals surface area contributed by atoms with Crippen LogP contribution in [0.25, 0.3) is 0 Å². The third kappa shape index (κ3) is 4.66. The van der Waals surface area contributed by atoms with Gasteiger partial charge in [0.2, 0.25) is 0 Å². The van der Waals surface area contributed by atoms with E-state index in [9.17, 15) is 5.11 Å². The first-order valence-electron chi connectivity index (χ1n) is 12.1. The van der Waals surface area contributed by atoms with Crippen molar-refractivity contribution >= 4 is 0 Å². The minimum Gasteiger partial charge on any atom is -0.388 e. The van der Waals surface area contributed by atoms with Gasteiger partial charge < -0.3 is 5.11 Å². The van der Waals surface area contributed by atoms with Crippen LogP contribution < -0.4 is 0 Å². The van der Waals surface area contributed by atoms with Crippen LogP contribution in [-0.4, -0.2) is 11.2 Å². The molecule has 0 unspecified atom stereocenters. The molecule has 1 heteroatoms. The van der Waals surface area contributed by atoms with Gasteiger partial charge in [-0.1, -0.05) is 71.3 Å². The Balaban J connectivity index is 1.70. The molecule has 0 radical (unpaired) electrons. The first kappa shape index (κ1) is 21.9. The fraction of sp³-hybridized carbons (Fsp3) is 0.778. The number of hydrogen-bond acceptors (Lipinski definition) is 1. The highest BCUT2D eigenvalue weighted by molar-refractivity contribution is 5.37. The molecule has 5 atom stereocenters. The number of fused-ring (bicyclic) bond motifs is 1. The standard InChI is InChI=1S/C27H44O/c1-19(2)9-6-10-20(3)24-16-17-25-23(12-8-18-27(24,25)5)15-14-22-11-7-13-26(28)21(22)4/h14-15,19-20,24-26,28H,4,6-13,16-18H2,1-3,5H3/b22-14-,23-15+/t20-,24-,25+,26+,27-/m1/s1. The summed E-state index contributed by atoms with van der Waals surface area (Å²) in [6, 6.07) is 0. The van der Waals surface area contributed by atoms with Crippen LogP contribution in [0, 0.1) is 29.1 Å². The maximum atomic E-state index is 10.1. The summed E-state index contributed by atoms with van der Waals surface area (Å²) in [5.74, 6) is 3.37. The molecule has 0 bridgehead atoms. The molecule has 3 aliphatic rings. The van der Waals surface area contributed by atoms with Crippen molar-refractivity contribution in [1.29, 1.82) is 0 Å². The van der Waals surface area contributed by atoms with E-state index in [0.717, 1.165) is 48.5 Å². The molecule has 0 heterocycles. The van der Waals surface area contributed by atoms with E-state index in [0.29, 0.717) is 5.41 Å². The number of aliphatic hydroxyl groups excluding tert-OH is 1. The molecule has 0 aromatic carbocycles. The van der Waals surface area contributed by atoms with Gasteiger partial charge in [0.15, 0.2) is 0 Å². The molecule has 1 N–H and O–H groups in total. The van der Waals surface area contributed by atoms with Crippen LogP contribution in [0.3, 0.4) is 0 Å². The lowest BCUT2D eigenvalue weighted by Gasteiger charge is -2.44. The van der Waals surface area contributed by atoms with Gasteiger partial charge in [0, 0.05) is 0 Å². The summed E-state index contributed by atoms with van der Waals surface area (Å²) in [7, 11) is 0. The maximum Gasteiger partial charge on any atom is 0.0787 e. The molecular formula is C27H44O. The molecule has 0 spiro atoms. The van der Waals surface area contributed by atoms with Crippen molar-refractivity contribution in [1.82, 2.24) is 0 Å². The largest absolute Gasteiger partial charge is 0.388 e. The first-order chi connectivity index (χ1) is 13.3. The van der Waals surface area contributed by atoms with Crippen LogP contribution in [0.5, 0.6) is 0 Å². The molecule has 1 nitrogen and oxygen atoms in total. The lowest BCUT2D eigenvalue weighted by Crippen LogP contribution is -2.36. The predicted molar refractivity (Wildman–Crippen MR) is 121 cm³/mol. The van der Waals surface area contributed by atoms with Crippen molar-refractivity contribution in [3.05, 3.63) is 35.5 Å². The number of allylic oxidation sites excluding steroid dienone is 3. The van der Waals surface area contributed by atoms with Gasteiger partial charge in [-0.15, -0.1) is 0 Å². The van der Waals surface area contributed by atoms with Gasteiger partial charge in [0.25, 0.3) is 0 Å². The monoisotopic (exact) mass is 384 g/mol. The van der Waals surface area contributed by atoms with Crippen LogP contribution >= 0.6 is 0 Å². The van der Waals surface area contributed by atoms with Gasteiger partial charge in [-0.3, -0.25) is 0 Å². The van der Waals surface area contributed by atoms with Gasteiger partial charge in [0.1, 0.15) is 0 Å². The van der Waals surface area contributed by atoms with E-state index in [2.05, 4.69) is 46.4 Å². The fourth-order valence-corrected chi connectivity index (χ4v) is 6.70. The van der Waals surface area contributed by atoms with E-state index in [-0.39, 0.29) is 6.10 Å². The molecule has 3 aliphatic carbocycles. The third-order valence-electron chi connectivity index (χ3n) is 8.40. The minimum absolute atomic E-state index is 0.322. The highest BCUT2D eigenvalue weighted by Crippen LogP contribution is 2.59. The Morgan fingerprint density at radius 2 is 1.86 bits per heavy atom. The lowest BCUT2D eigenvalue weighted by atomic mass is 9.60. The first-order valence-corrected chi connectivity index (χ1v) is 12.1. The summed E-state index contributed by atoms with van der Waals surface area (Å²) in [5, 5.41) is 10.1. The van der Waals surface area contributed by atoms with E-state index in [1.165, 1.54) is 56.9 Å². The predicted octanol–water partition coefficient (Wildman–Crippen LogP) is 7.62. The molecule has 3 rings (SSSR count). The smallest absolute Gasteiger partial charge is 0.0787 e. The van der Waals surface area contributed by atoms with Gasteiger partial charge in [-0.25, -0.2) is 0 Å². The summed E-state index contributed by atoms with van der Waals surface area (Å²) in [6.07, 6.45) is 18.5. The van der Waals surface area contributed by atoms with Crippen LogP contribution in [0.15, 0.2) is 35.5 Å². The van der Waals surface area contributed by atoms with E-state index >= 15 is 0 Å². The minimum atomic E-state index is -0.322. The zero-order valence-electron chi connectivity index (χ0n) is 19.0. The third-order valence-corrected chi connectivity index (χ3v) is 8.40. The number of rotatable bonds is 6. The van der Waals surface area contributed by atoms with Crippen molar-refractivity contribution in [3.63, 3.8) is 0 Å². The molecule has 0 aliphatic heterocycles. The van der Waals surface area contributed by atoms with Gasteiger partial charge in [-0.2, -0.15) is 0 Å². The van der Waals surface area contributed by atoms with Gasteiger partial charge in [0.05, 0.1) is 6.10 Å². The molecule has 0 aromatic heterocycles. The highest BCUT2D eigenvalue weighted by atomic mass is 16.3. The average Bonchev–Trinajstić information content (AvgIpc) is 3.00. The molecule has 28 heavy (non-hydrogen) atoms. The molecule has 3 fully saturated rings. The molecule has 3 saturated carbocycles. The molecule has 0 aromatic rings. The second-order valence-corrected chi connectivity index (χ2v) is 10.8. The SMILES string of the molecule is C=C1/C(=C\C=C2/CCC[C@]3(C)[C@@H]([C@H](C)CCCC(C)C)CC[C@@H]23)CCC[C@@H]1O. The van der Waals surface area contributed by atoms with Gasteiger partial charge in [-0.05, 0) is 91.6 Å². The Bertz CT molecular complexity index is 610. The van der Waals surface area contributed by atoms with Crippen molar-refractivity contribution in [2.45, 2.75) is 104 Å². The van der Waals surface area contributed by atoms with Crippen molar-refractivity contribution in [3.8, 4) is 0 Å². The van der Waals surface area contributed by atoms with E-state index < -0.39 is 0 Å². The second-order valence-electron chi connectivity index (χ2n) is 10.8. The second kappa shape index (κ2) is 9.33. The van der Waals surface area contributed by atoms with Crippen LogP contribution in [0.1, 0.15) is 98.3 Å². The summed E-state index contributed by atoms with van der Waals surface area (Å²) in [4.78, 5) is 0. The Kier molecular flexibility index (Phi) is 7.29. The van der Waals surface area contributed by atoms with Crippen molar-refractivity contribution in [2.24, 2.45) is 29.1 Å². The van der Waals surface area contributed by atoms with E-state index in [1.807, 2.05) is 0 Å². The Labute approximate surface area is 174 Å². The summed E-state index contributed by atoms with van der Waals surface area (Å²) < 4.78 is 0. The zero-order valence-corrected chi connectivity index (χ0v) is 19.0. The topological polar surface area (TPSA) is 20.2 Å². The number of aliphatic hydroxyl groups is 1.